The van der Waals surface area contributed by atoms with E-state index in [4.69, 9.17) is 13.7 Å². The number of ether oxygens (including phenoxy) is 2. The minimum atomic E-state index is -3.90. The first-order chi connectivity index (χ1) is 17.4. The normalized spacial score (nSPS) is 32.9. The van der Waals surface area contributed by atoms with E-state index in [9.17, 15) is 13.2 Å². The number of fused-ring (bicyclic) bond motifs is 5. The van der Waals surface area contributed by atoms with Crippen LogP contribution < -0.4 is 9.47 Å². The maximum absolute atomic E-state index is 13.7. The van der Waals surface area contributed by atoms with Crippen molar-refractivity contribution in [1.82, 2.24) is 4.90 Å². The topological polar surface area (TPSA) is 82.1 Å². The van der Waals surface area contributed by atoms with Crippen molar-refractivity contribution in [3.63, 3.8) is 0 Å². The molecule has 1 aromatic carbocycles. The minimum absolute atomic E-state index is 0.0609. The van der Waals surface area contributed by atoms with E-state index in [1.54, 1.807) is 14.2 Å². The molecule has 0 N–H and O–H groups in total. The first-order valence-corrected chi connectivity index (χ1v) is 15.4. The zero-order valence-corrected chi connectivity index (χ0v) is 24.0. The van der Waals surface area contributed by atoms with Crippen molar-refractivity contribution in [3.05, 3.63) is 23.3 Å². The molecule has 4 aliphatic rings. The molecular weight excluding hydrogens is 490 g/mol. The molecule has 7 nitrogen and oxygen atoms in total. The number of rotatable bonds is 8. The van der Waals surface area contributed by atoms with Gasteiger partial charge < -0.3 is 9.47 Å². The monoisotopic (exact) mass is 533 g/mol. The van der Waals surface area contributed by atoms with Gasteiger partial charge in [0, 0.05) is 25.6 Å². The van der Waals surface area contributed by atoms with Gasteiger partial charge in [-0.05, 0) is 78.5 Å². The van der Waals surface area contributed by atoms with E-state index in [-0.39, 0.29) is 34.8 Å². The number of ketones is 1. The van der Waals surface area contributed by atoms with E-state index in [1.807, 2.05) is 0 Å². The van der Waals surface area contributed by atoms with E-state index >= 15 is 0 Å². The van der Waals surface area contributed by atoms with Crippen LogP contribution in [-0.2, 0) is 25.5 Å². The zero-order valence-electron chi connectivity index (χ0n) is 23.2. The standard InChI is InChI=1S/C29H43NO6S/c1-18(2)11-20-16-30-10-8-19-12-25(34-5)26(35-6)14-22(19)23(30)15-24(20)36-37(32,33)17-29-9-7-21(13-27(29)31)28(29,3)4/h12,14,18,20-21,23-24H,7-11,13,15-17H2,1-6H3/t20-,21?,23-,24-,29-/m1/s1. The van der Waals surface area contributed by atoms with Crippen LogP contribution in [0.25, 0.3) is 0 Å². The molecule has 1 saturated heterocycles. The Morgan fingerprint density at radius 3 is 2.43 bits per heavy atom. The van der Waals surface area contributed by atoms with Crippen LogP contribution in [0, 0.1) is 28.6 Å². The molecule has 2 bridgehead atoms. The third-order valence-electron chi connectivity index (χ3n) is 10.2. The minimum Gasteiger partial charge on any atom is -0.493 e. The van der Waals surface area contributed by atoms with Gasteiger partial charge in [0.15, 0.2) is 11.5 Å². The number of piperidine rings is 1. The van der Waals surface area contributed by atoms with Crippen LogP contribution in [0.2, 0.25) is 0 Å². The van der Waals surface area contributed by atoms with Crippen molar-refractivity contribution in [2.24, 2.45) is 28.6 Å². The van der Waals surface area contributed by atoms with Crippen LogP contribution in [0.15, 0.2) is 12.1 Å². The molecule has 2 aliphatic carbocycles. The average Bonchev–Trinajstić information content (AvgIpc) is 3.17. The molecule has 0 spiro atoms. The Labute approximate surface area is 222 Å². The van der Waals surface area contributed by atoms with Gasteiger partial charge in [0.2, 0.25) is 0 Å². The molecule has 0 aromatic heterocycles. The maximum Gasteiger partial charge on any atom is 0.268 e. The lowest BCUT2D eigenvalue weighted by molar-refractivity contribution is -0.128. The smallest absolute Gasteiger partial charge is 0.268 e. The first kappa shape index (κ1) is 26.9. The highest BCUT2D eigenvalue weighted by Gasteiger charge is 2.65. The summed E-state index contributed by atoms with van der Waals surface area (Å²) in [4.78, 5) is 15.5. The Morgan fingerprint density at radius 1 is 1.14 bits per heavy atom. The molecule has 5 rings (SSSR count). The third kappa shape index (κ3) is 4.51. The number of carbonyl (C=O) groups is 1. The summed E-state index contributed by atoms with van der Waals surface area (Å²) in [6, 6.07) is 4.17. The lowest BCUT2D eigenvalue weighted by atomic mass is 9.70. The Hall–Kier alpha value is -1.64. The Balaban J connectivity index is 1.43. The number of carbonyl (C=O) groups excluding carboxylic acids is 1. The van der Waals surface area contributed by atoms with Gasteiger partial charge in [-0.1, -0.05) is 27.7 Å². The van der Waals surface area contributed by atoms with Crippen molar-refractivity contribution in [3.8, 4) is 11.5 Å². The van der Waals surface area contributed by atoms with Crippen LogP contribution in [0.5, 0.6) is 11.5 Å². The molecule has 2 saturated carbocycles. The maximum atomic E-state index is 13.7. The molecule has 2 aliphatic heterocycles. The van der Waals surface area contributed by atoms with E-state index in [0.717, 1.165) is 38.1 Å². The molecule has 1 aromatic rings. The number of nitrogens with zero attached hydrogens (tertiary/aromatic N) is 1. The molecule has 5 atom stereocenters. The Morgan fingerprint density at radius 2 is 1.84 bits per heavy atom. The summed E-state index contributed by atoms with van der Waals surface area (Å²) < 4.78 is 44.6. The summed E-state index contributed by atoms with van der Waals surface area (Å²) in [5.74, 6) is 2.15. The van der Waals surface area contributed by atoms with Crippen LogP contribution in [0.4, 0.5) is 0 Å². The van der Waals surface area contributed by atoms with Gasteiger partial charge in [-0.15, -0.1) is 0 Å². The number of hydrogen-bond donors (Lipinski definition) is 0. The Bertz CT molecular complexity index is 1160. The predicted octanol–water partition coefficient (Wildman–Crippen LogP) is 4.78. The van der Waals surface area contributed by atoms with E-state index in [2.05, 4.69) is 44.7 Å². The number of Topliss-reactive ketones (excluding diaryl/α,β-unsaturated/α-hetero) is 1. The molecule has 37 heavy (non-hydrogen) atoms. The van der Waals surface area contributed by atoms with Crippen molar-refractivity contribution in [1.29, 1.82) is 0 Å². The molecule has 0 radical (unpaired) electrons. The molecule has 206 valence electrons. The van der Waals surface area contributed by atoms with E-state index in [1.165, 1.54) is 11.1 Å². The summed E-state index contributed by atoms with van der Waals surface area (Å²) >= 11 is 0. The van der Waals surface area contributed by atoms with Crippen molar-refractivity contribution in [2.45, 2.75) is 78.4 Å². The van der Waals surface area contributed by atoms with Crippen LogP contribution >= 0.6 is 0 Å². The lowest BCUT2D eigenvalue weighted by Gasteiger charge is -2.47. The molecule has 3 fully saturated rings. The van der Waals surface area contributed by atoms with Gasteiger partial charge in [0.25, 0.3) is 10.1 Å². The number of benzene rings is 1. The van der Waals surface area contributed by atoms with Crippen LogP contribution in [-0.4, -0.2) is 58.3 Å². The highest BCUT2D eigenvalue weighted by atomic mass is 32.2. The van der Waals surface area contributed by atoms with Crippen LogP contribution in [0.1, 0.15) is 77.0 Å². The predicted molar refractivity (Wildman–Crippen MR) is 142 cm³/mol. The van der Waals surface area contributed by atoms with Gasteiger partial charge in [-0.2, -0.15) is 8.42 Å². The zero-order chi connectivity index (χ0) is 26.8. The molecule has 2 heterocycles. The average molecular weight is 534 g/mol. The third-order valence-corrected chi connectivity index (χ3v) is 11.6. The largest absolute Gasteiger partial charge is 0.493 e. The Kier molecular flexibility index (Phi) is 6.94. The molecule has 8 heteroatoms. The lowest BCUT2D eigenvalue weighted by Crippen LogP contribution is -2.50. The highest BCUT2D eigenvalue weighted by Crippen LogP contribution is 2.64. The summed E-state index contributed by atoms with van der Waals surface area (Å²) in [6.45, 7) is 10.2. The number of hydrogen-bond acceptors (Lipinski definition) is 7. The van der Waals surface area contributed by atoms with Crippen molar-refractivity contribution in [2.75, 3.05) is 33.1 Å². The van der Waals surface area contributed by atoms with Gasteiger partial charge in [0.1, 0.15) is 5.78 Å². The quantitative estimate of drug-likeness (QED) is 0.445. The highest BCUT2D eigenvalue weighted by molar-refractivity contribution is 7.86. The first-order valence-electron chi connectivity index (χ1n) is 13.8. The second-order valence-corrected chi connectivity index (χ2v) is 14.4. The fourth-order valence-corrected chi connectivity index (χ4v) is 9.95. The van der Waals surface area contributed by atoms with E-state index in [0.29, 0.717) is 30.9 Å². The van der Waals surface area contributed by atoms with Gasteiger partial charge in [-0.25, -0.2) is 0 Å². The molecule has 0 amide bonds. The summed E-state index contributed by atoms with van der Waals surface area (Å²) in [5, 5.41) is 0. The van der Waals surface area contributed by atoms with Crippen molar-refractivity contribution < 1.29 is 26.9 Å². The second-order valence-electron chi connectivity index (χ2n) is 12.8. The fraction of sp³-hybridized carbons (Fsp3) is 0.759. The second kappa shape index (κ2) is 9.53. The SMILES string of the molecule is COc1cc2c(cc1OC)[C@H]1C[C@@H](OS(=O)(=O)C[C@]34CCC(CC3=O)C4(C)C)[C@H](CC(C)C)CN1CC2. The van der Waals surface area contributed by atoms with Gasteiger partial charge in [0.05, 0.1) is 31.5 Å². The molecule has 1 unspecified atom stereocenters. The van der Waals surface area contributed by atoms with Crippen molar-refractivity contribution >= 4 is 15.9 Å². The van der Waals surface area contributed by atoms with Gasteiger partial charge in [-0.3, -0.25) is 13.9 Å². The number of methoxy groups -OCH3 is 2. The molecular formula is C29H43NO6S. The fourth-order valence-electron chi connectivity index (χ4n) is 7.99. The van der Waals surface area contributed by atoms with Crippen LogP contribution in [0.3, 0.4) is 0 Å². The summed E-state index contributed by atoms with van der Waals surface area (Å²) in [7, 11) is -0.617. The van der Waals surface area contributed by atoms with Gasteiger partial charge >= 0.3 is 0 Å². The summed E-state index contributed by atoms with van der Waals surface area (Å²) in [5.41, 5.74) is 1.27. The van der Waals surface area contributed by atoms with E-state index < -0.39 is 21.6 Å². The summed E-state index contributed by atoms with van der Waals surface area (Å²) in [6.07, 6.45) is 4.09.